The second kappa shape index (κ2) is 6.78. The van der Waals surface area contributed by atoms with Gasteiger partial charge >= 0.3 is 0 Å². The van der Waals surface area contributed by atoms with Crippen LogP contribution in [-0.4, -0.2) is 39.4 Å². The maximum Gasteiger partial charge on any atom is 0.272 e. The van der Waals surface area contributed by atoms with E-state index in [2.05, 4.69) is 51.7 Å². The number of tetrazole rings is 1. The van der Waals surface area contributed by atoms with E-state index in [0.717, 1.165) is 17.0 Å². The molecule has 0 spiro atoms. The van der Waals surface area contributed by atoms with Gasteiger partial charge in [-0.25, -0.2) is 0 Å². The van der Waals surface area contributed by atoms with Gasteiger partial charge in [0.25, 0.3) is 5.56 Å². The molecule has 5 rings (SSSR count). The van der Waals surface area contributed by atoms with E-state index in [4.69, 9.17) is 0 Å². The first-order chi connectivity index (χ1) is 14.0. The first-order valence-corrected chi connectivity index (χ1v) is 10.7. The molecule has 4 heterocycles. The van der Waals surface area contributed by atoms with Crippen LogP contribution >= 0.6 is 23.1 Å². The van der Waals surface area contributed by atoms with Gasteiger partial charge in [0.15, 0.2) is 0 Å². The Bertz CT molecular complexity index is 1430. The minimum atomic E-state index is -0.0622. The molecular weight excluding hydrogens is 408 g/mol. The van der Waals surface area contributed by atoms with E-state index in [9.17, 15) is 4.79 Å². The molecular formula is C18H16N8OS2. The number of aromatic nitrogens is 8. The molecule has 0 saturated carbocycles. The number of fused-ring (bicyclic) bond motifs is 3. The molecule has 0 radical (unpaired) electrons. The van der Waals surface area contributed by atoms with E-state index in [1.807, 2.05) is 21.9 Å². The first-order valence-electron chi connectivity index (χ1n) is 8.83. The monoisotopic (exact) mass is 424 g/mol. The molecule has 11 heteroatoms. The normalized spacial score (nSPS) is 11.7. The van der Waals surface area contributed by atoms with E-state index in [0.29, 0.717) is 21.4 Å². The summed E-state index contributed by atoms with van der Waals surface area (Å²) >= 11 is 2.89. The molecule has 0 atom stereocenters. The van der Waals surface area contributed by atoms with Crippen LogP contribution in [0.25, 0.3) is 21.7 Å². The van der Waals surface area contributed by atoms with Crippen molar-refractivity contribution >= 4 is 39.1 Å². The number of hydrogen-bond donors (Lipinski definition) is 0. The summed E-state index contributed by atoms with van der Waals surface area (Å²) in [6.45, 7) is 4.14. The van der Waals surface area contributed by atoms with Gasteiger partial charge in [-0.2, -0.15) is 4.68 Å². The fourth-order valence-electron chi connectivity index (χ4n) is 3.16. The standard InChI is InChI=1S/C18H16N8OS2/c1-10-4-5-12(8-11(10)2)26-18(21-22-23-26)29-9-14-19-20-17-24(3)16(27)15-13(25(14)17)6-7-28-15/h4-8H,9H2,1-3H3. The zero-order chi connectivity index (χ0) is 20.1. The minimum Gasteiger partial charge on any atom is -0.279 e. The molecule has 29 heavy (non-hydrogen) atoms. The fraction of sp³-hybridized carbons (Fsp3) is 0.222. The molecule has 0 unspecified atom stereocenters. The van der Waals surface area contributed by atoms with Crippen molar-refractivity contribution < 1.29 is 0 Å². The lowest BCUT2D eigenvalue weighted by atomic mass is 10.1. The van der Waals surface area contributed by atoms with Gasteiger partial charge in [-0.3, -0.25) is 13.8 Å². The van der Waals surface area contributed by atoms with E-state index in [1.54, 1.807) is 11.7 Å². The lowest BCUT2D eigenvalue weighted by Crippen LogP contribution is -2.19. The van der Waals surface area contributed by atoms with Crippen molar-refractivity contribution in [3.8, 4) is 5.69 Å². The van der Waals surface area contributed by atoms with E-state index in [-0.39, 0.29) is 5.56 Å². The van der Waals surface area contributed by atoms with Crippen molar-refractivity contribution in [1.29, 1.82) is 0 Å². The van der Waals surface area contributed by atoms with Crippen LogP contribution in [0, 0.1) is 13.8 Å². The van der Waals surface area contributed by atoms with E-state index >= 15 is 0 Å². The largest absolute Gasteiger partial charge is 0.279 e. The maximum absolute atomic E-state index is 12.5. The SMILES string of the molecule is Cc1ccc(-n2nnnc2SCc2nnc3n(C)c(=O)c4sccc4n23)cc1C. The van der Waals surface area contributed by atoms with Gasteiger partial charge in [0.05, 0.1) is 17.0 Å². The Balaban J connectivity index is 1.52. The minimum absolute atomic E-state index is 0.0622. The molecule has 0 amide bonds. The summed E-state index contributed by atoms with van der Waals surface area (Å²) in [6.07, 6.45) is 0. The molecule has 0 saturated heterocycles. The van der Waals surface area contributed by atoms with Crippen LogP contribution in [0.15, 0.2) is 39.6 Å². The summed E-state index contributed by atoms with van der Waals surface area (Å²) in [6, 6.07) is 8.04. The smallest absolute Gasteiger partial charge is 0.272 e. The highest BCUT2D eigenvalue weighted by atomic mass is 32.2. The number of thiophene rings is 1. The van der Waals surface area contributed by atoms with Crippen LogP contribution in [0.1, 0.15) is 17.0 Å². The molecule has 0 bridgehead atoms. The Labute approximate surface area is 173 Å². The molecule has 9 nitrogen and oxygen atoms in total. The molecule has 1 aromatic carbocycles. The molecule has 5 aromatic rings. The topological polar surface area (TPSA) is 95.8 Å². The number of aryl methyl sites for hydroxylation is 3. The molecule has 0 N–H and O–H groups in total. The molecule has 4 aromatic heterocycles. The van der Waals surface area contributed by atoms with Crippen LogP contribution in [0.3, 0.4) is 0 Å². The van der Waals surface area contributed by atoms with Crippen LogP contribution in [0.4, 0.5) is 0 Å². The van der Waals surface area contributed by atoms with Crippen molar-refractivity contribution in [2.75, 3.05) is 0 Å². The summed E-state index contributed by atoms with van der Waals surface area (Å²) in [5.41, 5.74) is 4.07. The highest BCUT2D eigenvalue weighted by Crippen LogP contribution is 2.25. The van der Waals surface area contributed by atoms with Gasteiger partial charge in [-0.1, -0.05) is 17.8 Å². The average molecular weight is 425 g/mol. The van der Waals surface area contributed by atoms with Crippen molar-refractivity contribution in [2.45, 2.75) is 24.8 Å². The summed E-state index contributed by atoms with van der Waals surface area (Å²) in [7, 11) is 1.71. The summed E-state index contributed by atoms with van der Waals surface area (Å²) < 4.78 is 5.85. The maximum atomic E-state index is 12.5. The quantitative estimate of drug-likeness (QED) is 0.409. The predicted octanol–water partition coefficient (Wildman–Crippen LogP) is 2.53. The molecule has 0 aliphatic heterocycles. The average Bonchev–Trinajstić information content (AvgIpc) is 3.45. The molecule has 0 fully saturated rings. The van der Waals surface area contributed by atoms with Crippen molar-refractivity contribution in [2.24, 2.45) is 7.05 Å². The second-order valence-electron chi connectivity index (χ2n) is 6.68. The third-order valence-corrected chi connectivity index (χ3v) is 6.71. The van der Waals surface area contributed by atoms with Gasteiger partial charge in [-0.15, -0.1) is 26.6 Å². The van der Waals surface area contributed by atoms with Crippen LogP contribution in [0.2, 0.25) is 0 Å². The van der Waals surface area contributed by atoms with Gasteiger partial charge in [0, 0.05) is 7.05 Å². The number of thioether (sulfide) groups is 1. The lowest BCUT2D eigenvalue weighted by molar-refractivity contribution is 0.755. The number of nitrogens with zero attached hydrogens (tertiary/aromatic N) is 8. The van der Waals surface area contributed by atoms with Gasteiger partial charge < -0.3 is 0 Å². The molecule has 0 aliphatic carbocycles. The fourth-order valence-corrected chi connectivity index (χ4v) is 4.82. The van der Waals surface area contributed by atoms with Crippen molar-refractivity contribution in [1.82, 2.24) is 39.4 Å². The van der Waals surface area contributed by atoms with Gasteiger partial charge in [-0.05, 0) is 59.0 Å². The third-order valence-electron chi connectivity index (χ3n) is 4.90. The lowest BCUT2D eigenvalue weighted by Gasteiger charge is -2.07. The summed E-state index contributed by atoms with van der Waals surface area (Å²) in [5.74, 6) is 1.76. The van der Waals surface area contributed by atoms with Crippen molar-refractivity contribution in [3.63, 3.8) is 0 Å². The Kier molecular flexibility index (Phi) is 4.21. The third kappa shape index (κ3) is 2.85. The zero-order valence-corrected chi connectivity index (χ0v) is 17.5. The Morgan fingerprint density at radius 1 is 1.10 bits per heavy atom. The van der Waals surface area contributed by atoms with Crippen LogP contribution in [-0.2, 0) is 12.8 Å². The van der Waals surface area contributed by atoms with E-state index < -0.39 is 0 Å². The highest BCUT2D eigenvalue weighted by Gasteiger charge is 2.17. The molecule has 0 aliphatic rings. The highest BCUT2D eigenvalue weighted by molar-refractivity contribution is 7.98. The number of hydrogen-bond acceptors (Lipinski definition) is 8. The first kappa shape index (κ1) is 18.0. The Morgan fingerprint density at radius 2 is 1.97 bits per heavy atom. The Morgan fingerprint density at radius 3 is 2.79 bits per heavy atom. The predicted molar refractivity (Wildman–Crippen MR) is 112 cm³/mol. The zero-order valence-electron chi connectivity index (χ0n) is 15.9. The Hall–Kier alpha value is -3.05. The molecule has 146 valence electrons. The van der Waals surface area contributed by atoms with Crippen molar-refractivity contribution in [3.05, 3.63) is 57.0 Å². The van der Waals surface area contributed by atoms with Crippen LogP contribution < -0.4 is 5.56 Å². The van der Waals surface area contributed by atoms with Gasteiger partial charge in [0.2, 0.25) is 10.9 Å². The van der Waals surface area contributed by atoms with E-state index in [1.165, 1.54) is 38.8 Å². The number of benzene rings is 1. The second-order valence-corrected chi connectivity index (χ2v) is 8.54. The van der Waals surface area contributed by atoms with Gasteiger partial charge in [0.1, 0.15) is 10.5 Å². The van der Waals surface area contributed by atoms with Crippen LogP contribution in [0.5, 0.6) is 0 Å². The summed E-state index contributed by atoms with van der Waals surface area (Å²) in [4.78, 5) is 12.5. The number of rotatable bonds is 4. The summed E-state index contributed by atoms with van der Waals surface area (Å²) in [5, 5.41) is 23.2.